The third kappa shape index (κ3) is 3.03. The van der Waals surface area contributed by atoms with Gasteiger partial charge in [-0.15, -0.1) is 0 Å². The van der Waals surface area contributed by atoms with Gasteiger partial charge in [-0.05, 0) is 73.2 Å². The van der Waals surface area contributed by atoms with Crippen molar-refractivity contribution in [1.82, 2.24) is 0 Å². The van der Waals surface area contributed by atoms with Gasteiger partial charge in [-0.25, -0.2) is 8.42 Å². The van der Waals surface area contributed by atoms with E-state index in [1.807, 2.05) is 32.0 Å². The summed E-state index contributed by atoms with van der Waals surface area (Å²) in [7, 11) is -3.44. The first kappa shape index (κ1) is 15.8. The van der Waals surface area contributed by atoms with Crippen molar-refractivity contribution in [3.8, 4) is 0 Å². The van der Waals surface area contributed by atoms with Crippen LogP contribution < -0.4 is 0 Å². The molecule has 0 unspecified atom stereocenters. The van der Waals surface area contributed by atoms with Crippen LogP contribution in [-0.2, 0) is 22.7 Å². The van der Waals surface area contributed by atoms with Gasteiger partial charge in [-0.1, -0.05) is 26.0 Å². The number of hydrogen-bond acceptors (Lipinski definition) is 2. The number of benzene rings is 2. The van der Waals surface area contributed by atoms with Crippen LogP contribution in [0.15, 0.2) is 46.2 Å². The highest BCUT2D eigenvalue weighted by molar-refractivity contribution is 7.91. The smallest absolute Gasteiger partial charge is 0.206 e. The van der Waals surface area contributed by atoms with Gasteiger partial charge in [0.05, 0.1) is 9.79 Å². The van der Waals surface area contributed by atoms with Crippen molar-refractivity contribution in [2.45, 2.75) is 50.3 Å². The lowest BCUT2D eigenvalue weighted by Crippen LogP contribution is -2.04. The van der Waals surface area contributed by atoms with Crippen LogP contribution in [-0.4, -0.2) is 8.42 Å². The molecule has 21 heavy (non-hydrogen) atoms. The molecule has 2 rings (SSSR count). The zero-order valence-corrected chi connectivity index (χ0v) is 13.9. The molecule has 0 aliphatic rings. The van der Waals surface area contributed by atoms with Crippen LogP contribution in [0.5, 0.6) is 0 Å². The van der Waals surface area contributed by atoms with Crippen LogP contribution in [0.25, 0.3) is 0 Å². The molecule has 0 bridgehead atoms. The second-order valence-corrected chi connectivity index (χ2v) is 7.34. The summed E-state index contributed by atoms with van der Waals surface area (Å²) in [4.78, 5) is 0.761. The Morgan fingerprint density at radius 1 is 0.762 bits per heavy atom. The van der Waals surface area contributed by atoms with E-state index in [1.165, 1.54) is 5.56 Å². The lowest BCUT2D eigenvalue weighted by atomic mass is 10.0. The average molecular weight is 302 g/mol. The molecule has 0 amide bonds. The Labute approximate surface area is 127 Å². The molecule has 0 radical (unpaired) electrons. The second kappa shape index (κ2) is 6.02. The summed E-state index contributed by atoms with van der Waals surface area (Å²) in [5, 5.41) is 0. The average Bonchev–Trinajstić information content (AvgIpc) is 2.49. The van der Waals surface area contributed by atoms with E-state index in [4.69, 9.17) is 0 Å². The van der Waals surface area contributed by atoms with Crippen molar-refractivity contribution in [3.63, 3.8) is 0 Å². The minimum atomic E-state index is -3.44. The quantitative estimate of drug-likeness (QED) is 0.845. The molecule has 0 N–H and O–H groups in total. The van der Waals surface area contributed by atoms with Crippen LogP contribution >= 0.6 is 0 Å². The number of hydrogen-bond donors (Lipinski definition) is 0. The molecule has 0 aromatic heterocycles. The van der Waals surface area contributed by atoms with Gasteiger partial charge in [-0.3, -0.25) is 0 Å². The predicted octanol–water partition coefficient (Wildman–Crippen LogP) is 4.26. The Morgan fingerprint density at radius 2 is 1.33 bits per heavy atom. The molecular weight excluding hydrogens is 280 g/mol. The first-order valence-electron chi connectivity index (χ1n) is 7.34. The molecule has 2 aromatic rings. The molecule has 0 aliphatic carbocycles. The number of aryl methyl sites for hydroxylation is 4. The van der Waals surface area contributed by atoms with Crippen molar-refractivity contribution < 1.29 is 8.42 Å². The van der Waals surface area contributed by atoms with Crippen molar-refractivity contribution in [2.75, 3.05) is 0 Å². The molecule has 0 spiro atoms. The van der Waals surface area contributed by atoms with E-state index in [2.05, 4.69) is 13.8 Å². The Bertz CT molecular complexity index is 759. The molecule has 0 atom stereocenters. The van der Waals surface area contributed by atoms with Gasteiger partial charge in [0.1, 0.15) is 0 Å². The minimum absolute atomic E-state index is 0.372. The van der Waals surface area contributed by atoms with E-state index >= 15 is 0 Å². The fraction of sp³-hybridized carbons (Fsp3) is 0.333. The van der Waals surface area contributed by atoms with Crippen molar-refractivity contribution in [3.05, 3.63) is 58.7 Å². The Hall–Kier alpha value is -1.61. The fourth-order valence-electron chi connectivity index (χ4n) is 2.46. The van der Waals surface area contributed by atoms with Crippen LogP contribution in [0, 0.1) is 13.8 Å². The largest absolute Gasteiger partial charge is 0.219 e. The van der Waals surface area contributed by atoms with Gasteiger partial charge in [0, 0.05) is 0 Å². The standard InChI is InChI=1S/C18H22O2S/c1-5-15-8-10-18(12-16(15)6-2)21(19,20)17-9-7-13(3)14(4)11-17/h7-12H,5-6H2,1-4H3. The summed E-state index contributed by atoms with van der Waals surface area (Å²) >= 11 is 0. The SMILES string of the molecule is CCc1ccc(S(=O)(=O)c2ccc(C)c(C)c2)cc1CC. The summed E-state index contributed by atoms with van der Waals surface area (Å²) < 4.78 is 25.5. The third-order valence-corrected chi connectivity index (χ3v) is 5.79. The van der Waals surface area contributed by atoms with Crippen LogP contribution in [0.1, 0.15) is 36.1 Å². The van der Waals surface area contributed by atoms with Gasteiger partial charge < -0.3 is 0 Å². The minimum Gasteiger partial charge on any atom is -0.219 e. The van der Waals surface area contributed by atoms with Gasteiger partial charge in [0.25, 0.3) is 0 Å². The molecule has 112 valence electrons. The van der Waals surface area contributed by atoms with Crippen LogP contribution in [0.4, 0.5) is 0 Å². The molecular formula is C18H22O2S. The molecule has 2 aromatic carbocycles. The Balaban J connectivity index is 2.55. The molecule has 0 fully saturated rings. The lowest BCUT2D eigenvalue weighted by Gasteiger charge is -2.11. The van der Waals surface area contributed by atoms with Gasteiger partial charge in [-0.2, -0.15) is 0 Å². The van der Waals surface area contributed by atoms with E-state index < -0.39 is 9.84 Å². The molecule has 2 nitrogen and oxygen atoms in total. The number of sulfone groups is 1. The van der Waals surface area contributed by atoms with E-state index in [0.717, 1.165) is 29.5 Å². The fourth-order valence-corrected chi connectivity index (χ4v) is 3.86. The summed E-state index contributed by atoms with van der Waals surface area (Å²) in [6.45, 7) is 8.07. The van der Waals surface area contributed by atoms with Crippen molar-refractivity contribution in [2.24, 2.45) is 0 Å². The molecule has 3 heteroatoms. The van der Waals surface area contributed by atoms with Crippen molar-refractivity contribution >= 4 is 9.84 Å². The molecule has 0 heterocycles. The lowest BCUT2D eigenvalue weighted by molar-refractivity contribution is 0.596. The van der Waals surface area contributed by atoms with E-state index in [9.17, 15) is 8.42 Å². The highest BCUT2D eigenvalue weighted by Crippen LogP contribution is 2.25. The summed E-state index contributed by atoms with van der Waals surface area (Å²) in [6.07, 6.45) is 1.77. The molecule has 0 saturated heterocycles. The zero-order valence-electron chi connectivity index (χ0n) is 13.1. The summed E-state index contributed by atoms with van der Waals surface area (Å²) in [5.41, 5.74) is 4.43. The maximum absolute atomic E-state index is 12.8. The van der Waals surface area contributed by atoms with Crippen molar-refractivity contribution in [1.29, 1.82) is 0 Å². The van der Waals surface area contributed by atoms with Crippen LogP contribution in [0.2, 0.25) is 0 Å². The highest BCUT2D eigenvalue weighted by atomic mass is 32.2. The van der Waals surface area contributed by atoms with Gasteiger partial charge in [0.15, 0.2) is 0 Å². The first-order chi connectivity index (χ1) is 9.90. The zero-order chi connectivity index (χ0) is 15.6. The molecule has 0 aliphatic heterocycles. The summed E-state index contributed by atoms with van der Waals surface area (Å²) in [6, 6.07) is 10.8. The van der Waals surface area contributed by atoms with E-state index in [1.54, 1.807) is 18.2 Å². The topological polar surface area (TPSA) is 34.1 Å². The maximum Gasteiger partial charge on any atom is 0.206 e. The van der Waals surface area contributed by atoms with Gasteiger partial charge in [0.2, 0.25) is 9.84 Å². The Kier molecular flexibility index (Phi) is 4.52. The second-order valence-electron chi connectivity index (χ2n) is 5.39. The molecule has 0 saturated carbocycles. The Morgan fingerprint density at radius 3 is 1.90 bits per heavy atom. The highest BCUT2D eigenvalue weighted by Gasteiger charge is 2.19. The monoisotopic (exact) mass is 302 g/mol. The maximum atomic E-state index is 12.8. The van der Waals surface area contributed by atoms with E-state index in [-0.39, 0.29) is 0 Å². The first-order valence-corrected chi connectivity index (χ1v) is 8.82. The number of rotatable bonds is 4. The van der Waals surface area contributed by atoms with Gasteiger partial charge >= 0.3 is 0 Å². The third-order valence-electron chi connectivity index (χ3n) is 4.04. The predicted molar refractivity (Wildman–Crippen MR) is 86.6 cm³/mol. The summed E-state index contributed by atoms with van der Waals surface area (Å²) in [5.74, 6) is 0. The van der Waals surface area contributed by atoms with E-state index in [0.29, 0.717) is 9.79 Å². The normalized spacial score (nSPS) is 11.6. The van der Waals surface area contributed by atoms with Crippen LogP contribution in [0.3, 0.4) is 0 Å².